The number of nitrogens with zero attached hydrogens (tertiary/aromatic N) is 1. The second kappa shape index (κ2) is 9.40. The van der Waals surface area contributed by atoms with E-state index in [1.54, 1.807) is 0 Å². The highest BCUT2D eigenvalue weighted by atomic mass is 16.2. The monoisotopic (exact) mass is 291 g/mol. The number of aryl methyl sites for hydroxylation is 1. The molecule has 0 aliphatic rings. The Morgan fingerprint density at radius 3 is 2.43 bits per heavy atom. The van der Waals surface area contributed by atoms with Crippen molar-refractivity contribution >= 4 is 11.7 Å². The molecule has 0 atom stereocenters. The Morgan fingerprint density at radius 1 is 1.19 bits per heavy atom. The Balaban J connectivity index is 2.16. The summed E-state index contributed by atoms with van der Waals surface area (Å²) < 4.78 is 0. The van der Waals surface area contributed by atoms with E-state index in [1.807, 2.05) is 24.3 Å². The fraction of sp³-hybridized carbons (Fsp3) is 0.588. The lowest BCUT2D eigenvalue weighted by molar-refractivity contribution is 0.250. The van der Waals surface area contributed by atoms with Gasteiger partial charge in [0, 0.05) is 18.3 Å². The van der Waals surface area contributed by atoms with Crippen LogP contribution >= 0.6 is 0 Å². The van der Waals surface area contributed by atoms with Gasteiger partial charge in [0.25, 0.3) is 0 Å². The predicted molar refractivity (Wildman–Crippen MR) is 89.8 cm³/mol. The van der Waals surface area contributed by atoms with E-state index in [0.717, 1.165) is 31.5 Å². The van der Waals surface area contributed by atoms with Crippen LogP contribution in [0.25, 0.3) is 0 Å². The third kappa shape index (κ3) is 7.14. The Bertz CT molecular complexity index is 415. The first-order chi connectivity index (χ1) is 10.0. The summed E-state index contributed by atoms with van der Waals surface area (Å²) in [5, 5.41) is 5.74. The number of benzene rings is 1. The summed E-state index contributed by atoms with van der Waals surface area (Å²) in [5.74, 6) is 0. The molecule has 1 rings (SSSR count). The van der Waals surface area contributed by atoms with Gasteiger partial charge in [-0.2, -0.15) is 0 Å². The number of rotatable bonds is 8. The molecule has 1 aromatic rings. The van der Waals surface area contributed by atoms with Gasteiger partial charge in [-0.3, -0.25) is 0 Å². The van der Waals surface area contributed by atoms with Gasteiger partial charge in [-0.05, 0) is 64.4 Å². The molecule has 0 aliphatic heterocycles. The zero-order chi connectivity index (χ0) is 15.7. The Kier molecular flexibility index (Phi) is 7.83. The fourth-order valence-corrected chi connectivity index (χ4v) is 1.95. The fourth-order valence-electron chi connectivity index (χ4n) is 1.95. The molecule has 0 aliphatic carbocycles. The molecule has 0 aromatic heterocycles. The van der Waals surface area contributed by atoms with E-state index in [4.69, 9.17) is 0 Å². The van der Waals surface area contributed by atoms with Crippen molar-refractivity contribution in [1.82, 2.24) is 10.2 Å². The van der Waals surface area contributed by atoms with Crippen LogP contribution in [0.2, 0.25) is 0 Å². The zero-order valence-corrected chi connectivity index (χ0v) is 13.8. The van der Waals surface area contributed by atoms with Gasteiger partial charge in [0.05, 0.1) is 0 Å². The summed E-state index contributed by atoms with van der Waals surface area (Å²) in [5.41, 5.74) is 2.11. The molecule has 0 bridgehead atoms. The normalized spacial score (nSPS) is 11.0. The molecule has 118 valence electrons. The summed E-state index contributed by atoms with van der Waals surface area (Å²) in [7, 11) is 2.13. The number of hydrogen-bond acceptors (Lipinski definition) is 2. The second-order valence-electron chi connectivity index (χ2n) is 5.71. The van der Waals surface area contributed by atoms with E-state index >= 15 is 0 Å². The highest BCUT2D eigenvalue weighted by Crippen LogP contribution is 2.09. The van der Waals surface area contributed by atoms with Gasteiger partial charge in [-0.25, -0.2) is 4.79 Å². The molecule has 0 saturated carbocycles. The van der Waals surface area contributed by atoms with Crippen LogP contribution in [0.1, 0.15) is 39.2 Å². The van der Waals surface area contributed by atoms with E-state index in [2.05, 4.69) is 43.4 Å². The maximum absolute atomic E-state index is 11.7. The Hall–Kier alpha value is -1.55. The molecule has 0 fully saturated rings. The topological polar surface area (TPSA) is 44.4 Å². The standard InChI is InChI=1S/C17H29N3O/c1-5-15-8-10-16(11-9-15)19-17(21)18-12-6-7-13-20(4)14(2)3/h8-11,14H,5-7,12-13H2,1-4H3,(H2,18,19,21). The van der Waals surface area contributed by atoms with Gasteiger partial charge in [-0.1, -0.05) is 19.1 Å². The molecule has 0 radical (unpaired) electrons. The molecule has 0 spiro atoms. The quantitative estimate of drug-likeness (QED) is 0.720. The van der Waals surface area contributed by atoms with Crippen molar-refractivity contribution in [3.8, 4) is 0 Å². The third-order valence-electron chi connectivity index (χ3n) is 3.72. The van der Waals surface area contributed by atoms with Crippen LogP contribution in [0.3, 0.4) is 0 Å². The van der Waals surface area contributed by atoms with Gasteiger partial charge in [-0.15, -0.1) is 0 Å². The van der Waals surface area contributed by atoms with Crippen molar-refractivity contribution in [3.05, 3.63) is 29.8 Å². The van der Waals surface area contributed by atoms with Crippen LogP contribution in [0, 0.1) is 0 Å². The number of carbonyl (C=O) groups excluding carboxylic acids is 1. The van der Waals surface area contributed by atoms with Crippen molar-refractivity contribution in [2.24, 2.45) is 0 Å². The van der Waals surface area contributed by atoms with Crippen molar-refractivity contribution < 1.29 is 4.79 Å². The van der Waals surface area contributed by atoms with Crippen molar-refractivity contribution in [2.45, 2.75) is 46.1 Å². The summed E-state index contributed by atoms with van der Waals surface area (Å²) in [6.45, 7) is 8.28. The Labute approximate surface area is 128 Å². The van der Waals surface area contributed by atoms with E-state index in [-0.39, 0.29) is 6.03 Å². The minimum Gasteiger partial charge on any atom is -0.338 e. The molecule has 0 heterocycles. The van der Waals surface area contributed by atoms with Crippen LogP contribution in [-0.4, -0.2) is 37.1 Å². The van der Waals surface area contributed by atoms with Gasteiger partial charge in [0.1, 0.15) is 0 Å². The van der Waals surface area contributed by atoms with Crippen LogP contribution in [0.5, 0.6) is 0 Å². The molecule has 4 nitrogen and oxygen atoms in total. The molecule has 0 saturated heterocycles. The number of unbranched alkanes of at least 4 members (excludes halogenated alkanes) is 1. The summed E-state index contributed by atoms with van der Waals surface area (Å²) in [4.78, 5) is 14.1. The average molecular weight is 291 g/mol. The minimum absolute atomic E-state index is 0.128. The van der Waals surface area contributed by atoms with E-state index in [9.17, 15) is 4.79 Å². The molecule has 1 aromatic carbocycles. The largest absolute Gasteiger partial charge is 0.338 e. The maximum Gasteiger partial charge on any atom is 0.319 e. The van der Waals surface area contributed by atoms with E-state index in [0.29, 0.717) is 12.6 Å². The summed E-state index contributed by atoms with van der Waals surface area (Å²) >= 11 is 0. The van der Waals surface area contributed by atoms with Crippen molar-refractivity contribution in [2.75, 3.05) is 25.5 Å². The molecule has 4 heteroatoms. The number of hydrogen-bond donors (Lipinski definition) is 2. The molecular weight excluding hydrogens is 262 g/mol. The van der Waals surface area contributed by atoms with E-state index < -0.39 is 0 Å². The van der Waals surface area contributed by atoms with Crippen LogP contribution in [0.4, 0.5) is 10.5 Å². The lowest BCUT2D eigenvalue weighted by atomic mass is 10.1. The molecule has 2 N–H and O–H groups in total. The number of carbonyl (C=O) groups is 1. The number of urea groups is 1. The molecule has 21 heavy (non-hydrogen) atoms. The molecule has 2 amide bonds. The van der Waals surface area contributed by atoms with Gasteiger partial charge in [0.2, 0.25) is 0 Å². The van der Waals surface area contributed by atoms with Crippen molar-refractivity contribution in [3.63, 3.8) is 0 Å². The van der Waals surface area contributed by atoms with Crippen LogP contribution < -0.4 is 10.6 Å². The first-order valence-corrected chi connectivity index (χ1v) is 7.87. The van der Waals surface area contributed by atoms with Gasteiger partial charge < -0.3 is 15.5 Å². The van der Waals surface area contributed by atoms with Crippen LogP contribution in [-0.2, 0) is 6.42 Å². The lowest BCUT2D eigenvalue weighted by Crippen LogP contribution is -2.31. The molecule has 0 unspecified atom stereocenters. The predicted octanol–water partition coefficient (Wildman–Crippen LogP) is 3.49. The highest BCUT2D eigenvalue weighted by molar-refractivity contribution is 5.89. The minimum atomic E-state index is -0.128. The number of nitrogens with one attached hydrogen (secondary N) is 2. The summed E-state index contributed by atoms with van der Waals surface area (Å²) in [6.07, 6.45) is 3.11. The number of anilines is 1. The first-order valence-electron chi connectivity index (χ1n) is 7.87. The molecular formula is C17H29N3O. The average Bonchev–Trinajstić information content (AvgIpc) is 2.47. The lowest BCUT2D eigenvalue weighted by Gasteiger charge is -2.20. The third-order valence-corrected chi connectivity index (χ3v) is 3.72. The Morgan fingerprint density at radius 2 is 1.86 bits per heavy atom. The number of amides is 2. The van der Waals surface area contributed by atoms with Gasteiger partial charge >= 0.3 is 6.03 Å². The first kappa shape index (κ1) is 17.5. The smallest absolute Gasteiger partial charge is 0.319 e. The van der Waals surface area contributed by atoms with E-state index in [1.165, 1.54) is 5.56 Å². The maximum atomic E-state index is 11.7. The van der Waals surface area contributed by atoms with Crippen LogP contribution in [0.15, 0.2) is 24.3 Å². The summed E-state index contributed by atoms with van der Waals surface area (Å²) in [6, 6.07) is 8.41. The van der Waals surface area contributed by atoms with Crippen molar-refractivity contribution in [1.29, 1.82) is 0 Å². The second-order valence-corrected chi connectivity index (χ2v) is 5.71. The highest BCUT2D eigenvalue weighted by Gasteiger charge is 2.03. The zero-order valence-electron chi connectivity index (χ0n) is 13.8. The SMILES string of the molecule is CCc1ccc(NC(=O)NCCCCN(C)C(C)C)cc1. The van der Waals surface area contributed by atoms with Gasteiger partial charge in [0.15, 0.2) is 0 Å².